The van der Waals surface area contributed by atoms with E-state index in [1.54, 1.807) is 30.3 Å². The molecule has 1 fully saturated rings. The number of carboxylic acids is 1. The number of amides is 1. The molecule has 1 heterocycles. The van der Waals surface area contributed by atoms with Crippen molar-refractivity contribution in [3.05, 3.63) is 35.9 Å². The monoisotopic (exact) mass is 306 g/mol. The van der Waals surface area contributed by atoms with Gasteiger partial charge in [-0.3, -0.25) is 4.79 Å². The predicted octanol–water partition coefficient (Wildman–Crippen LogP) is 2.30. The van der Waals surface area contributed by atoms with Crippen LogP contribution < -0.4 is 5.32 Å². The number of benzene rings is 1. The third-order valence-corrected chi connectivity index (χ3v) is 3.73. The highest BCUT2D eigenvalue weighted by molar-refractivity contribution is 5.83. The highest BCUT2D eigenvalue weighted by Gasteiger charge is 2.19. The molecule has 2 rings (SSSR count). The fourth-order valence-corrected chi connectivity index (χ4v) is 2.27. The van der Waals surface area contributed by atoms with Crippen molar-refractivity contribution in [2.75, 3.05) is 20.1 Å². The second kappa shape index (κ2) is 9.20. The van der Waals surface area contributed by atoms with E-state index in [1.165, 1.54) is 32.9 Å². The van der Waals surface area contributed by atoms with E-state index in [2.05, 4.69) is 24.2 Å². The fourth-order valence-electron chi connectivity index (χ4n) is 2.27. The molecule has 1 aliphatic rings. The summed E-state index contributed by atoms with van der Waals surface area (Å²) in [5.74, 6) is -0.446. The Labute approximate surface area is 132 Å². The number of hydrogen-bond acceptors (Lipinski definition) is 3. The number of carbonyl (C=O) groups is 2. The van der Waals surface area contributed by atoms with E-state index in [1.807, 2.05) is 0 Å². The van der Waals surface area contributed by atoms with Crippen LogP contribution in [0.4, 0.5) is 0 Å². The van der Waals surface area contributed by atoms with Gasteiger partial charge in [0.15, 0.2) is 6.04 Å². The number of piperidine rings is 1. The molecule has 0 aliphatic carbocycles. The lowest BCUT2D eigenvalue weighted by molar-refractivity contribution is -0.141. The molecule has 122 valence electrons. The Morgan fingerprint density at radius 2 is 1.77 bits per heavy atom. The van der Waals surface area contributed by atoms with Gasteiger partial charge in [0, 0.05) is 6.92 Å². The maximum Gasteiger partial charge on any atom is 0.330 e. The zero-order valence-electron chi connectivity index (χ0n) is 13.6. The van der Waals surface area contributed by atoms with Gasteiger partial charge in [-0.25, -0.2) is 4.79 Å². The highest BCUT2D eigenvalue weighted by atomic mass is 16.4. The second-order valence-corrected chi connectivity index (χ2v) is 5.87. The van der Waals surface area contributed by atoms with Crippen molar-refractivity contribution in [1.29, 1.82) is 0 Å². The molecule has 0 bridgehead atoms. The Bertz CT molecular complexity index is 458. The summed E-state index contributed by atoms with van der Waals surface area (Å²) in [6, 6.07) is 7.61. The first-order chi connectivity index (χ1) is 10.4. The van der Waals surface area contributed by atoms with E-state index >= 15 is 0 Å². The number of nitrogens with one attached hydrogen (secondary N) is 1. The molecule has 1 aromatic rings. The van der Waals surface area contributed by atoms with Gasteiger partial charge in [-0.2, -0.15) is 0 Å². The summed E-state index contributed by atoms with van der Waals surface area (Å²) in [5.41, 5.74) is 0.565. The van der Waals surface area contributed by atoms with E-state index in [4.69, 9.17) is 5.11 Å². The maximum absolute atomic E-state index is 10.8. The van der Waals surface area contributed by atoms with Crippen LogP contribution in [0.3, 0.4) is 0 Å². The minimum Gasteiger partial charge on any atom is -0.479 e. The average Bonchev–Trinajstić information content (AvgIpc) is 2.49. The Morgan fingerprint density at radius 3 is 2.18 bits per heavy atom. The molecule has 0 spiro atoms. The standard InChI is InChI=1S/C10H11NO3.C7H15N/c1-7(12)11-9(10(13)14)8-5-3-2-4-6-8;1-7-3-5-8(2)6-4-7/h2-6,9H,1H3,(H,11,12)(H,13,14);7H,3-6H2,1-2H3. The van der Waals surface area contributed by atoms with Gasteiger partial charge in [0.25, 0.3) is 0 Å². The molecule has 1 atom stereocenters. The summed E-state index contributed by atoms with van der Waals surface area (Å²) in [4.78, 5) is 24.0. The van der Waals surface area contributed by atoms with Crippen LogP contribution in [0.2, 0.25) is 0 Å². The van der Waals surface area contributed by atoms with Crippen molar-refractivity contribution in [1.82, 2.24) is 10.2 Å². The van der Waals surface area contributed by atoms with Gasteiger partial charge >= 0.3 is 5.97 Å². The van der Waals surface area contributed by atoms with Gasteiger partial charge in [-0.15, -0.1) is 0 Å². The quantitative estimate of drug-likeness (QED) is 0.899. The second-order valence-electron chi connectivity index (χ2n) is 5.87. The SMILES string of the molecule is CC(=O)NC(C(=O)O)c1ccccc1.CC1CCN(C)CC1. The highest BCUT2D eigenvalue weighted by Crippen LogP contribution is 2.13. The first-order valence-corrected chi connectivity index (χ1v) is 7.63. The molecule has 0 aromatic heterocycles. The normalized spacial score (nSPS) is 17.0. The first-order valence-electron chi connectivity index (χ1n) is 7.63. The molecule has 1 aliphatic heterocycles. The molecule has 2 N–H and O–H groups in total. The Hall–Kier alpha value is -1.88. The zero-order chi connectivity index (χ0) is 16.5. The molecule has 1 unspecified atom stereocenters. The number of rotatable bonds is 3. The first kappa shape index (κ1) is 18.2. The molecule has 5 heteroatoms. The number of likely N-dealkylation sites (tertiary alicyclic amines) is 1. The third kappa shape index (κ3) is 6.72. The van der Waals surface area contributed by atoms with Crippen LogP contribution in [0.5, 0.6) is 0 Å². The van der Waals surface area contributed by atoms with Crippen LogP contribution in [0.1, 0.15) is 38.3 Å². The Kier molecular flexibility index (Phi) is 7.60. The number of nitrogens with zero attached hydrogens (tertiary/aromatic N) is 1. The van der Waals surface area contributed by atoms with E-state index in [0.29, 0.717) is 5.56 Å². The largest absolute Gasteiger partial charge is 0.479 e. The van der Waals surface area contributed by atoms with Gasteiger partial charge in [-0.1, -0.05) is 37.3 Å². The van der Waals surface area contributed by atoms with Crippen LogP contribution in [0.25, 0.3) is 0 Å². The summed E-state index contributed by atoms with van der Waals surface area (Å²) in [6.45, 7) is 6.24. The number of hydrogen-bond donors (Lipinski definition) is 2. The van der Waals surface area contributed by atoms with Gasteiger partial charge in [0.2, 0.25) is 5.91 Å². The Morgan fingerprint density at radius 1 is 1.23 bits per heavy atom. The molecule has 1 aromatic carbocycles. The van der Waals surface area contributed by atoms with Crippen molar-refractivity contribution < 1.29 is 14.7 Å². The molecule has 5 nitrogen and oxygen atoms in total. The lowest BCUT2D eigenvalue weighted by atomic mass is 10.00. The van der Waals surface area contributed by atoms with Crippen molar-refractivity contribution >= 4 is 11.9 Å². The summed E-state index contributed by atoms with van der Waals surface area (Å²) >= 11 is 0. The predicted molar refractivity (Wildman–Crippen MR) is 86.5 cm³/mol. The van der Waals surface area contributed by atoms with Gasteiger partial charge in [0.05, 0.1) is 0 Å². The smallest absolute Gasteiger partial charge is 0.330 e. The van der Waals surface area contributed by atoms with E-state index < -0.39 is 12.0 Å². The van der Waals surface area contributed by atoms with E-state index in [9.17, 15) is 9.59 Å². The van der Waals surface area contributed by atoms with Gasteiger partial charge in [0.1, 0.15) is 0 Å². The summed E-state index contributed by atoms with van der Waals surface area (Å²) in [6.07, 6.45) is 2.80. The minimum absolute atomic E-state index is 0.360. The Balaban J connectivity index is 0.000000255. The minimum atomic E-state index is -1.06. The molecule has 1 amide bonds. The molecular formula is C17H26N2O3. The van der Waals surface area contributed by atoms with Gasteiger partial charge < -0.3 is 15.3 Å². The van der Waals surface area contributed by atoms with E-state index in [-0.39, 0.29) is 5.91 Å². The van der Waals surface area contributed by atoms with Crippen LogP contribution in [0.15, 0.2) is 30.3 Å². The van der Waals surface area contributed by atoms with Crippen LogP contribution in [0, 0.1) is 5.92 Å². The fraction of sp³-hybridized carbons (Fsp3) is 0.529. The van der Waals surface area contributed by atoms with E-state index in [0.717, 1.165) is 5.92 Å². The lowest BCUT2D eigenvalue weighted by Crippen LogP contribution is -2.31. The third-order valence-electron chi connectivity index (χ3n) is 3.73. The topological polar surface area (TPSA) is 69.6 Å². The maximum atomic E-state index is 10.8. The molecule has 0 saturated carbocycles. The summed E-state index contributed by atoms with van der Waals surface area (Å²) < 4.78 is 0. The van der Waals surface area contributed by atoms with Crippen molar-refractivity contribution in [3.8, 4) is 0 Å². The molecule has 0 radical (unpaired) electrons. The molecule has 22 heavy (non-hydrogen) atoms. The average molecular weight is 306 g/mol. The van der Waals surface area contributed by atoms with Crippen LogP contribution in [-0.4, -0.2) is 42.0 Å². The zero-order valence-corrected chi connectivity index (χ0v) is 13.6. The summed E-state index contributed by atoms with van der Waals surface area (Å²) in [5, 5.41) is 11.2. The van der Waals surface area contributed by atoms with Crippen LogP contribution in [-0.2, 0) is 9.59 Å². The summed E-state index contributed by atoms with van der Waals surface area (Å²) in [7, 11) is 2.20. The van der Waals surface area contributed by atoms with Crippen LogP contribution >= 0.6 is 0 Å². The number of aliphatic carboxylic acids is 1. The van der Waals surface area contributed by atoms with Gasteiger partial charge in [-0.05, 0) is 44.5 Å². The lowest BCUT2D eigenvalue weighted by Gasteiger charge is -2.26. The number of carbonyl (C=O) groups excluding carboxylic acids is 1. The number of carboxylic acid groups (broad SMARTS) is 1. The molecular weight excluding hydrogens is 280 g/mol. The van der Waals surface area contributed by atoms with Crippen molar-refractivity contribution in [2.24, 2.45) is 5.92 Å². The molecule has 1 saturated heterocycles. The van der Waals surface area contributed by atoms with Crippen molar-refractivity contribution in [2.45, 2.75) is 32.7 Å². The van der Waals surface area contributed by atoms with Crippen molar-refractivity contribution in [3.63, 3.8) is 0 Å².